The summed E-state index contributed by atoms with van der Waals surface area (Å²) in [5, 5.41) is 7.57. The van der Waals surface area contributed by atoms with Crippen LogP contribution in [0.1, 0.15) is 38.8 Å². The molecule has 2 rings (SSSR count). The second-order valence-electron chi connectivity index (χ2n) is 6.39. The van der Waals surface area contributed by atoms with Crippen LogP contribution < -0.4 is 10.6 Å². The van der Waals surface area contributed by atoms with Crippen LogP contribution in [0.5, 0.6) is 0 Å². The summed E-state index contributed by atoms with van der Waals surface area (Å²) in [6.45, 7) is 11.4. The van der Waals surface area contributed by atoms with Crippen molar-refractivity contribution in [1.82, 2.24) is 15.5 Å². The van der Waals surface area contributed by atoms with Crippen LogP contribution in [0.3, 0.4) is 0 Å². The van der Waals surface area contributed by atoms with Gasteiger partial charge in [-0.2, -0.15) is 0 Å². The minimum atomic E-state index is 0. The van der Waals surface area contributed by atoms with E-state index >= 15 is 0 Å². The van der Waals surface area contributed by atoms with Crippen LogP contribution in [-0.4, -0.2) is 56.3 Å². The number of morpholine rings is 1. The van der Waals surface area contributed by atoms with Crippen LogP contribution in [0.25, 0.3) is 0 Å². The monoisotopic (exact) mass is 494 g/mol. The molecule has 0 bridgehead atoms. The third-order valence-corrected chi connectivity index (χ3v) is 4.76. The van der Waals surface area contributed by atoms with Crippen LogP contribution in [0.4, 0.5) is 0 Å². The summed E-state index contributed by atoms with van der Waals surface area (Å²) >= 11 is 6.06. The molecule has 2 atom stereocenters. The number of nitrogens with zero attached hydrogens (tertiary/aromatic N) is 2. The van der Waals surface area contributed by atoms with E-state index in [-0.39, 0.29) is 30.0 Å². The molecule has 7 heteroatoms. The average Bonchev–Trinajstić information content (AvgIpc) is 2.64. The van der Waals surface area contributed by atoms with E-state index in [1.165, 1.54) is 5.56 Å². The van der Waals surface area contributed by atoms with Crippen LogP contribution >= 0.6 is 35.6 Å². The standard InChI is InChI=1S/C19H31ClN4O.HI/c1-4-15(3)23-19(21-5-2)22-14-18(24-10-12-25-13-11-24)16-6-8-17(20)9-7-16;/h6-9,15,18H,4-5,10-14H2,1-3H3,(H2,21,22,23);1H. The van der Waals surface area contributed by atoms with E-state index in [9.17, 15) is 0 Å². The van der Waals surface area contributed by atoms with Gasteiger partial charge in [-0.1, -0.05) is 30.7 Å². The number of ether oxygens (including phenoxy) is 1. The summed E-state index contributed by atoms with van der Waals surface area (Å²) in [7, 11) is 0. The molecule has 1 heterocycles. The summed E-state index contributed by atoms with van der Waals surface area (Å²) in [6.07, 6.45) is 1.06. The van der Waals surface area contributed by atoms with Gasteiger partial charge in [0, 0.05) is 30.7 Å². The number of aliphatic imine (C=N–C) groups is 1. The summed E-state index contributed by atoms with van der Waals surface area (Å²) in [4.78, 5) is 7.30. The lowest BCUT2D eigenvalue weighted by molar-refractivity contribution is 0.0179. The van der Waals surface area contributed by atoms with E-state index in [4.69, 9.17) is 21.3 Å². The molecule has 0 aliphatic carbocycles. The van der Waals surface area contributed by atoms with Gasteiger partial charge in [0.2, 0.25) is 0 Å². The second kappa shape index (κ2) is 12.8. The Bertz CT molecular complexity index is 535. The Kier molecular flexibility index (Phi) is 11.5. The highest BCUT2D eigenvalue weighted by Crippen LogP contribution is 2.24. The zero-order chi connectivity index (χ0) is 18.1. The predicted molar refractivity (Wildman–Crippen MR) is 121 cm³/mol. The van der Waals surface area contributed by atoms with Crippen molar-refractivity contribution in [3.8, 4) is 0 Å². The van der Waals surface area contributed by atoms with Gasteiger partial charge in [0.05, 0.1) is 25.8 Å². The molecule has 0 saturated carbocycles. The number of hydrogen-bond acceptors (Lipinski definition) is 3. The molecule has 1 fully saturated rings. The molecule has 0 spiro atoms. The van der Waals surface area contributed by atoms with Crippen LogP contribution in [-0.2, 0) is 4.74 Å². The van der Waals surface area contributed by atoms with Gasteiger partial charge in [-0.15, -0.1) is 24.0 Å². The molecule has 26 heavy (non-hydrogen) atoms. The maximum Gasteiger partial charge on any atom is 0.191 e. The normalized spacial score (nSPS) is 17.9. The maximum atomic E-state index is 6.06. The number of rotatable bonds is 7. The number of guanidine groups is 1. The van der Waals surface area contributed by atoms with Gasteiger partial charge in [-0.25, -0.2) is 0 Å². The Morgan fingerprint density at radius 2 is 1.88 bits per heavy atom. The Morgan fingerprint density at radius 3 is 2.46 bits per heavy atom. The zero-order valence-electron chi connectivity index (χ0n) is 16.0. The molecule has 0 radical (unpaired) electrons. The SMILES string of the molecule is CCNC(=NCC(c1ccc(Cl)cc1)N1CCOCC1)NC(C)CC.I. The fourth-order valence-corrected chi connectivity index (χ4v) is 2.96. The highest BCUT2D eigenvalue weighted by atomic mass is 127. The molecule has 1 saturated heterocycles. The second-order valence-corrected chi connectivity index (χ2v) is 6.83. The molecule has 1 aromatic rings. The van der Waals surface area contributed by atoms with Crippen LogP contribution in [0.2, 0.25) is 5.02 Å². The smallest absolute Gasteiger partial charge is 0.191 e. The van der Waals surface area contributed by atoms with Crippen LogP contribution in [0, 0.1) is 0 Å². The Balaban J connectivity index is 0.00000338. The van der Waals surface area contributed by atoms with E-state index in [0.29, 0.717) is 12.6 Å². The maximum absolute atomic E-state index is 6.06. The van der Waals surface area contributed by atoms with Gasteiger partial charge in [-0.05, 0) is 38.0 Å². The largest absolute Gasteiger partial charge is 0.379 e. The molecular weight excluding hydrogens is 463 g/mol. The van der Waals surface area contributed by atoms with Crippen molar-refractivity contribution >= 4 is 41.5 Å². The van der Waals surface area contributed by atoms with Crippen molar-refractivity contribution in [3.63, 3.8) is 0 Å². The van der Waals surface area contributed by atoms with Gasteiger partial charge in [0.25, 0.3) is 0 Å². The van der Waals surface area contributed by atoms with Crippen molar-refractivity contribution in [2.45, 2.75) is 39.3 Å². The zero-order valence-corrected chi connectivity index (χ0v) is 19.1. The summed E-state index contributed by atoms with van der Waals surface area (Å²) in [5.74, 6) is 0.879. The molecule has 2 N–H and O–H groups in total. The minimum absolute atomic E-state index is 0. The Labute approximate surface area is 179 Å². The number of halogens is 2. The van der Waals surface area contributed by atoms with Crippen molar-refractivity contribution in [2.75, 3.05) is 39.4 Å². The fourth-order valence-electron chi connectivity index (χ4n) is 2.84. The Hall–Kier alpha value is -0.570. The van der Waals surface area contributed by atoms with Crippen molar-refractivity contribution in [3.05, 3.63) is 34.9 Å². The van der Waals surface area contributed by atoms with Gasteiger partial charge in [0.15, 0.2) is 5.96 Å². The average molecular weight is 495 g/mol. The summed E-state index contributed by atoms with van der Waals surface area (Å²) in [5.41, 5.74) is 1.24. The summed E-state index contributed by atoms with van der Waals surface area (Å²) < 4.78 is 5.51. The quantitative estimate of drug-likeness (QED) is 0.345. The molecule has 0 amide bonds. The molecule has 1 aliphatic heterocycles. The first-order valence-corrected chi connectivity index (χ1v) is 9.64. The third kappa shape index (κ3) is 7.58. The number of nitrogens with one attached hydrogen (secondary N) is 2. The number of hydrogen-bond donors (Lipinski definition) is 2. The number of benzene rings is 1. The minimum Gasteiger partial charge on any atom is -0.379 e. The van der Waals surface area contributed by atoms with E-state index < -0.39 is 0 Å². The van der Waals surface area contributed by atoms with Crippen LogP contribution in [0.15, 0.2) is 29.3 Å². The van der Waals surface area contributed by atoms with E-state index in [0.717, 1.165) is 50.3 Å². The fraction of sp³-hybridized carbons (Fsp3) is 0.632. The van der Waals surface area contributed by atoms with Crippen molar-refractivity contribution in [1.29, 1.82) is 0 Å². The lowest BCUT2D eigenvalue weighted by Gasteiger charge is -2.34. The molecule has 2 unspecified atom stereocenters. The molecule has 1 aromatic carbocycles. The third-order valence-electron chi connectivity index (χ3n) is 4.50. The first-order chi connectivity index (χ1) is 12.1. The van der Waals surface area contributed by atoms with E-state index in [1.807, 2.05) is 12.1 Å². The Morgan fingerprint density at radius 1 is 1.23 bits per heavy atom. The van der Waals surface area contributed by atoms with Gasteiger partial charge >= 0.3 is 0 Å². The molecular formula is C19H32ClIN4O. The first-order valence-electron chi connectivity index (χ1n) is 9.26. The van der Waals surface area contributed by atoms with Gasteiger partial charge in [0.1, 0.15) is 0 Å². The molecule has 1 aliphatic rings. The molecule has 5 nitrogen and oxygen atoms in total. The lowest BCUT2D eigenvalue weighted by Crippen LogP contribution is -2.43. The molecule has 0 aromatic heterocycles. The predicted octanol–water partition coefficient (Wildman–Crippen LogP) is 3.68. The topological polar surface area (TPSA) is 48.9 Å². The van der Waals surface area contributed by atoms with Crippen molar-refractivity contribution in [2.24, 2.45) is 4.99 Å². The lowest BCUT2D eigenvalue weighted by atomic mass is 10.0. The summed E-state index contributed by atoms with van der Waals surface area (Å²) in [6, 6.07) is 8.75. The first kappa shape index (κ1) is 23.5. The van der Waals surface area contributed by atoms with Gasteiger partial charge < -0.3 is 15.4 Å². The highest BCUT2D eigenvalue weighted by molar-refractivity contribution is 14.0. The molecule has 148 valence electrons. The van der Waals surface area contributed by atoms with Gasteiger partial charge in [-0.3, -0.25) is 9.89 Å². The van der Waals surface area contributed by atoms with E-state index in [2.05, 4.69) is 48.4 Å². The van der Waals surface area contributed by atoms with E-state index in [1.54, 1.807) is 0 Å². The van der Waals surface area contributed by atoms with Crippen molar-refractivity contribution < 1.29 is 4.74 Å². The highest BCUT2D eigenvalue weighted by Gasteiger charge is 2.22.